The smallest absolute Gasteiger partial charge is 0.226 e. The predicted octanol–water partition coefficient (Wildman–Crippen LogP) is 3.13. The Balaban J connectivity index is 2.09. The number of anilines is 1. The van der Waals surface area contributed by atoms with Crippen molar-refractivity contribution >= 4 is 34.1 Å². The molecule has 1 heterocycles. The van der Waals surface area contributed by atoms with Crippen LogP contribution in [0, 0.1) is 11.8 Å². The molecule has 0 saturated carbocycles. The lowest BCUT2D eigenvalue weighted by Crippen LogP contribution is -2.40. The van der Waals surface area contributed by atoms with E-state index in [1.54, 1.807) is 11.9 Å². The summed E-state index contributed by atoms with van der Waals surface area (Å²) < 4.78 is 0. The van der Waals surface area contributed by atoms with Crippen molar-refractivity contribution < 1.29 is 14.4 Å². The van der Waals surface area contributed by atoms with E-state index in [9.17, 15) is 14.4 Å². The van der Waals surface area contributed by atoms with Gasteiger partial charge in [-0.1, -0.05) is 31.6 Å². The third-order valence-electron chi connectivity index (χ3n) is 4.77. The Bertz CT molecular complexity index is 669. The Morgan fingerprint density at radius 1 is 1.32 bits per heavy atom. The molecule has 1 aliphatic carbocycles. The molecule has 0 unspecified atom stereocenters. The van der Waals surface area contributed by atoms with Gasteiger partial charge in [0.2, 0.25) is 11.8 Å². The predicted molar refractivity (Wildman–Crippen MR) is 98.9 cm³/mol. The van der Waals surface area contributed by atoms with Gasteiger partial charge in [-0.2, -0.15) is 0 Å². The fraction of sp³-hybridized carbons (Fsp3) is 0.667. The third-order valence-corrected chi connectivity index (χ3v) is 5.82. The molecule has 0 aromatic carbocycles. The molecule has 1 aliphatic rings. The molecule has 0 radical (unpaired) electrons. The molecule has 2 amide bonds. The van der Waals surface area contributed by atoms with Crippen LogP contribution in [0.15, 0.2) is 0 Å². The van der Waals surface area contributed by atoms with Gasteiger partial charge < -0.3 is 10.2 Å². The highest BCUT2D eigenvalue weighted by Crippen LogP contribution is 2.33. The molecule has 25 heavy (non-hydrogen) atoms. The maximum atomic E-state index is 12.5. The van der Waals surface area contributed by atoms with Crippen LogP contribution in [0.4, 0.5) is 5.13 Å². The minimum Gasteiger partial charge on any atom is -0.343 e. The second-order valence-electron chi connectivity index (χ2n) is 7.13. The van der Waals surface area contributed by atoms with Crippen LogP contribution < -0.4 is 5.32 Å². The number of nitrogens with one attached hydrogen (secondary N) is 1. The van der Waals surface area contributed by atoms with E-state index in [0.717, 1.165) is 6.42 Å². The van der Waals surface area contributed by atoms with Gasteiger partial charge in [-0.15, -0.1) is 0 Å². The minimum absolute atomic E-state index is 0.0237. The number of nitrogens with zero attached hydrogens (tertiary/aromatic N) is 2. The summed E-state index contributed by atoms with van der Waals surface area (Å²) >= 11 is 1.22. The maximum Gasteiger partial charge on any atom is 0.226 e. The van der Waals surface area contributed by atoms with Crippen LogP contribution in [0.25, 0.3) is 0 Å². The lowest BCUT2D eigenvalue weighted by molar-refractivity contribution is -0.135. The van der Waals surface area contributed by atoms with E-state index in [2.05, 4.69) is 10.3 Å². The summed E-state index contributed by atoms with van der Waals surface area (Å²) in [4.78, 5) is 43.6. The van der Waals surface area contributed by atoms with Crippen molar-refractivity contribution in [3.05, 3.63) is 10.6 Å². The number of Topliss-reactive ketones (excluding diaryl/α,β-unsaturated/α-hetero) is 1. The average molecular weight is 365 g/mol. The second kappa shape index (κ2) is 8.08. The number of ketones is 1. The molecule has 0 aliphatic heterocycles. The maximum absolute atomic E-state index is 12.5. The van der Waals surface area contributed by atoms with E-state index >= 15 is 0 Å². The van der Waals surface area contributed by atoms with Crippen molar-refractivity contribution in [2.45, 2.75) is 59.4 Å². The van der Waals surface area contributed by atoms with Crippen molar-refractivity contribution in [3.8, 4) is 0 Å². The summed E-state index contributed by atoms with van der Waals surface area (Å²) in [6, 6.07) is 0.0924. The Kier molecular flexibility index (Phi) is 6.32. The average Bonchev–Trinajstić information content (AvgIpc) is 2.95. The third kappa shape index (κ3) is 4.66. The standard InChI is InChI=1S/C18H27N3O3S/c1-6-11(4)7-15(23)20-18-19-13-8-12(9-14(22)16(13)25-18)17(24)21(5)10(2)3/h10-12H,6-9H2,1-5H3,(H,19,20,23)/t11-,12+/m0/s1. The molecule has 1 aromatic heterocycles. The molecule has 138 valence electrons. The Morgan fingerprint density at radius 3 is 2.60 bits per heavy atom. The molecular weight excluding hydrogens is 338 g/mol. The first-order valence-corrected chi connectivity index (χ1v) is 9.63. The quantitative estimate of drug-likeness (QED) is 0.840. The van der Waals surface area contributed by atoms with Crippen molar-refractivity contribution in [2.75, 3.05) is 12.4 Å². The van der Waals surface area contributed by atoms with Crippen LogP contribution in [0.5, 0.6) is 0 Å². The highest BCUT2D eigenvalue weighted by Gasteiger charge is 2.34. The zero-order valence-electron chi connectivity index (χ0n) is 15.6. The zero-order chi connectivity index (χ0) is 18.7. The number of rotatable bonds is 6. The molecule has 2 atom stereocenters. The van der Waals surface area contributed by atoms with Gasteiger partial charge in [0.1, 0.15) is 0 Å². The van der Waals surface area contributed by atoms with Crippen LogP contribution >= 0.6 is 11.3 Å². The number of fused-ring (bicyclic) bond motifs is 1. The van der Waals surface area contributed by atoms with Crippen LogP contribution in [0.1, 0.15) is 62.3 Å². The Morgan fingerprint density at radius 2 is 2.00 bits per heavy atom. The fourth-order valence-corrected chi connectivity index (χ4v) is 3.69. The van der Waals surface area contributed by atoms with E-state index in [0.29, 0.717) is 34.5 Å². The molecule has 0 bridgehead atoms. The first-order chi connectivity index (χ1) is 11.7. The van der Waals surface area contributed by atoms with Crippen molar-refractivity contribution in [1.82, 2.24) is 9.88 Å². The monoisotopic (exact) mass is 365 g/mol. The van der Waals surface area contributed by atoms with Gasteiger partial charge in [0.15, 0.2) is 10.9 Å². The fourth-order valence-electron chi connectivity index (χ4n) is 2.73. The van der Waals surface area contributed by atoms with Gasteiger partial charge in [0.25, 0.3) is 0 Å². The van der Waals surface area contributed by atoms with Gasteiger partial charge in [0, 0.05) is 32.4 Å². The van der Waals surface area contributed by atoms with Crippen molar-refractivity contribution in [1.29, 1.82) is 0 Å². The molecule has 7 heteroatoms. The molecule has 1 aromatic rings. The van der Waals surface area contributed by atoms with Crippen molar-refractivity contribution in [2.24, 2.45) is 11.8 Å². The summed E-state index contributed by atoms with van der Waals surface area (Å²) in [6.45, 7) is 7.96. The first kappa shape index (κ1) is 19.6. The number of hydrogen-bond acceptors (Lipinski definition) is 5. The van der Waals surface area contributed by atoms with Crippen molar-refractivity contribution in [3.63, 3.8) is 0 Å². The lowest BCUT2D eigenvalue weighted by atomic mass is 9.89. The summed E-state index contributed by atoms with van der Waals surface area (Å²) in [5.41, 5.74) is 0.635. The van der Waals surface area contributed by atoms with Gasteiger partial charge >= 0.3 is 0 Å². The van der Waals surface area contributed by atoms with Crippen LogP contribution in [-0.2, 0) is 16.0 Å². The number of carbonyl (C=O) groups excluding carboxylic acids is 3. The van der Waals surface area contributed by atoms with Gasteiger partial charge in [-0.05, 0) is 19.8 Å². The van der Waals surface area contributed by atoms with E-state index in [1.165, 1.54) is 11.3 Å². The SMILES string of the molecule is CC[C@H](C)CC(=O)Nc1nc2c(s1)C(=O)C[C@H](C(=O)N(C)C(C)C)C2. The number of thiazole rings is 1. The van der Waals surface area contributed by atoms with E-state index in [4.69, 9.17) is 0 Å². The first-order valence-electron chi connectivity index (χ1n) is 8.82. The van der Waals surface area contributed by atoms with Gasteiger partial charge in [-0.3, -0.25) is 14.4 Å². The van der Waals surface area contributed by atoms with Crippen LogP contribution in [-0.4, -0.2) is 40.6 Å². The van der Waals surface area contributed by atoms with Gasteiger partial charge in [0.05, 0.1) is 16.5 Å². The summed E-state index contributed by atoms with van der Waals surface area (Å²) in [7, 11) is 1.76. The molecular formula is C18H27N3O3S. The molecule has 0 fully saturated rings. The Hall–Kier alpha value is -1.76. The molecule has 6 nitrogen and oxygen atoms in total. The molecule has 2 rings (SSSR count). The van der Waals surface area contributed by atoms with E-state index in [1.807, 2.05) is 27.7 Å². The van der Waals surface area contributed by atoms with E-state index < -0.39 is 0 Å². The number of carbonyl (C=O) groups is 3. The molecule has 1 N–H and O–H groups in total. The van der Waals surface area contributed by atoms with Gasteiger partial charge in [-0.25, -0.2) is 4.98 Å². The minimum atomic E-state index is -0.363. The molecule has 0 saturated heterocycles. The largest absolute Gasteiger partial charge is 0.343 e. The number of amides is 2. The highest BCUT2D eigenvalue weighted by atomic mass is 32.1. The Labute approximate surface area is 153 Å². The second-order valence-corrected chi connectivity index (χ2v) is 8.13. The summed E-state index contributed by atoms with van der Waals surface area (Å²) in [6.07, 6.45) is 2.04. The van der Waals surface area contributed by atoms with Crippen LogP contribution in [0.3, 0.4) is 0 Å². The zero-order valence-corrected chi connectivity index (χ0v) is 16.4. The van der Waals surface area contributed by atoms with Crippen LogP contribution in [0.2, 0.25) is 0 Å². The normalized spacial score (nSPS) is 18.0. The summed E-state index contributed by atoms with van der Waals surface area (Å²) in [5.74, 6) is -0.218. The number of aromatic nitrogens is 1. The highest BCUT2D eigenvalue weighted by molar-refractivity contribution is 7.17. The summed E-state index contributed by atoms with van der Waals surface area (Å²) in [5, 5.41) is 3.25. The topological polar surface area (TPSA) is 79.4 Å². The molecule has 0 spiro atoms. The number of hydrogen-bond donors (Lipinski definition) is 1. The lowest BCUT2D eigenvalue weighted by Gasteiger charge is -2.28. The van der Waals surface area contributed by atoms with E-state index in [-0.39, 0.29) is 36.0 Å².